The molecule has 0 bridgehead atoms. The molecule has 2 saturated heterocycles. The molecular formula is C18H22N2O2S. The molecule has 0 radical (unpaired) electrons. The largest absolute Gasteiger partial charge is 0.477 e. The van der Waals surface area contributed by atoms with Crippen molar-refractivity contribution in [1.29, 1.82) is 0 Å². The third kappa shape index (κ3) is 3.01. The number of pyridine rings is 1. The van der Waals surface area contributed by atoms with Gasteiger partial charge in [0.1, 0.15) is 0 Å². The Hall–Kier alpha value is -1.43. The lowest BCUT2D eigenvalue weighted by Crippen LogP contribution is -2.37. The maximum Gasteiger partial charge on any atom is 0.213 e. The molecule has 0 amide bonds. The van der Waals surface area contributed by atoms with E-state index in [1.807, 2.05) is 29.5 Å². The summed E-state index contributed by atoms with van der Waals surface area (Å²) in [6, 6.07) is 8.00. The van der Waals surface area contributed by atoms with E-state index in [0.717, 1.165) is 32.8 Å². The van der Waals surface area contributed by atoms with Crippen LogP contribution in [0.25, 0.3) is 0 Å². The minimum absolute atomic E-state index is 0.114. The van der Waals surface area contributed by atoms with Gasteiger partial charge in [0, 0.05) is 48.1 Å². The molecule has 4 rings (SSSR count). The van der Waals surface area contributed by atoms with Crippen molar-refractivity contribution < 1.29 is 9.47 Å². The lowest BCUT2D eigenvalue weighted by Gasteiger charge is -2.27. The summed E-state index contributed by atoms with van der Waals surface area (Å²) in [6.45, 7) is 7.73. The standard InChI is InChI=1S/C18H22N2O2S/c1-14-5-7-23-16(14)9-20-8-15-10-21-12-18(15,11-20)13-22-17-4-2-3-6-19-17/h2-7,15H,8-13H2,1H3/t15-,18+/m1/s1. The van der Waals surface area contributed by atoms with Crippen LogP contribution in [0, 0.1) is 18.3 Å². The SMILES string of the molecule is Cc1ccsc1CN1C[C@@H]2COC[C@]2(COc2ccccn2)C1. The maximum atomic E-state index is 5.99. The first kappa shape index (κ1) is 15.1. The van der Waals surface area contributed by atoms with Crippen LogP contribution in [0.15, 0.2) is 35.8 Å². The number of nitrogens with zero attached hydrogens (tertiary/aromatic N) is 2. The second-order valence-electron chi connectivity index (χ2n) is 6.73. The van der Waals surface area contributed by atoms with Gasteiger partial charge in [-0.05, 0) is 30.0 Å². The van der Waals surface area contributed by atoms with Gasteiger partial charge in [-0.3, -0.25) is 4.90 Å². The predicted octanol–water partition coefficient (Wildman–Crippen LogP) is 2.98. The summed E-state index contributed by atoms with van der Waals surface area (Å²) in [4.78, 5) is 8.31. The molecule has 0 aromatic carbocycles. The molecule has 2 aliphatic heterocycles. The van der Waals surface area contributed by atoms with Gasteiger partial charge in [0.05, 0.1) is 19.8 Å². The maximum absolute atomic E-state index is 5.99. The number of fused-ring (bicyclic) bond motifs is 1. The van der Waals surface area contributed by atoms with E-state index >= 15 is 0 Å². The van der Waals surface area contributed by atoms with E-state index in [1.165, 1.54) is 10.4 Å². The van der Waals surface area contributed by atoms with Gasteiger partial charge in [-0.25, -0.2) is 4.98 Å². The zero-order chi connectivity index (χ0) is 15.7. The smallest absolute Gasteiger partial charge is 0.213 e. The average Bonchev–Trinajstić information content (AvgIpc) is 3.22. The van der Waals surface area contributed by atoms with E-state index in [-0.39, 0.29) is 5.41 Å². The first-order chi connectivity index (χ1) is 11.3. The van der Waals surface area contributed by atoms with Crippen LogP contribution in [0.2, 0.25) is 0 Å². The van der Waals surface area contributed by atoms with E-state index in [4.69, 9.17) is 9.47 Å². The highest BCUT2D eigenvalue weighted by Crippen LogP contribution is 2.42. The van der Waals surface area contributed by atoms with Crippen molar-refractivity contribution in [2.75, 3.05) is 32.9 Å². The molecule has 0 aliphatic carbocycles. The third-order valence-electron chi connectivity index (χ3n) is 5.07. The minimum Gasteiger partial charge on any atom is -0.477 e. The van der Waals surface area contributed by atoms with Crippen molar-refractivity contribution >= 4 is 11.3 Å². The number of hydrogen-bond acceptors (Lipinski definition) is 5. The summed E-state index contributed by atoms with van der Waals surface area (Å²) in [5, 5.41) is 2.19. The zero-order valence-electron chi connectivity index (χ0n) is 13.4. The fourth-order valence-corrected chi connectivity index (χ4v) is 4.63. The minimum atomic E-state index is 0.114. The van der Waals surface area contributed by atoms with Crippen LogP contribution in [0.3, 0.4) is 0 Å². The Kier molecular flexibility index (Phi) is 4.09. The van der Waals surface area contributed by atoms with Crippen LogP contribution in [0.4, 0.5) is 0 Å². The number of thiophene rings is 1. The monoisotopic (exact) mass is 330 g/mol. The average molecular weight is 330 g/mol. The molecule has 2 aromatic rings. The summed E-state index contributed by atoms with van der Waals surface area (Å²) >= 11 is 1.86. The topological polar surface area (TPSA) is 34.6 Å². The Bertz CT molecular complexity index is 660. The molecule has 0 unspecified atom stereocenters. The van der Waals surface area contributed by atoms with Crippen LogP contribution in [0.5, 0.6) is 5.88 Å². The molecule has 4 heterocycles. The fraction of sp³-hybridized carbons (Fsp3) is 0.500. The summed E-state index contributed by atoms with van der Waals surface area (Å²) < 4.78 is 11.8. The van der Waals surface area contributed by atoms with E-state index < -0.39 is 0 Å². The Morgan fingerprint density at radius 1 is 1.43 bits per heavy atom. The summed E-state index contributed by atoms with van der Waals surface area (Å²) in [5.74, 6) is 1.27. The number of likely N-dealkylation sites (tertiary alicyclic amines) is 1. The number of aryl methyl sites for hydroxylation is 1. The van der Waals surface area contributed by atoms with Gasteiger partial charge < -0.3 is 9.47 Å². The number of rotatable bonds is 5. The molecule has 0 N–H and O–H groups in total. The van der Waals surface area contributed by atoms with Crippen molar-refractivity contribution in [3.63, 3.8) is 0 Å². The van der Waals surface area contributed by atoms with Crippen LogP contribution < -0.4 is 4.74 Å². The van der Waals surface area contributed by atoms with E-state index in [0.29, 0.717) is 18.4 Å². The molecule has 2 aliphatic rings. The highest BCUT2D eigenvalue weighted by Gasteiger charge is 2.51. The molecule has 5 heteroatoms. The summed E-state index contributed by atoms with van der Waals surface area (Å²) in [7, 11) is 0. The zero-order valence-corrected chi connectivity index (χ0v) is 14.2. The molecule has 0 spiro atoms. The normalized spacial score (nSPS) is 27.3. The van der Waals surface area contributed by atoms with Crippen LogP contribution in [-0.4, -0.2) is 42.8 Å². The van der Waals surface area contributed by atoms with Gasteiger partial charge in [0.2, 0.25) is 5.88 Å². The number of ether oxygens (including phenoxy) is 2. The molecule has 122 valence electrons. The van der Waals surface area contributed by atoms with Crippen molar-refractivity contribution in [2.45, 2.75) is 13.5 Å². The van der Waals surface area contributed by atoms with Crippen molar-refractivity contribution in [2.24, 2.45) is 11.3 Å². The number of hydrogen-bond donors (Lipinski definition) is 0. The fourth-order valence-electron chi connectivity index (χ4n) is 3.69. The molecule has 2 fully saturated rings. The Balaban J connectivity index is 1.43. The highest BCUT2D eigenvalue weighted by molar-refractivity contribution is 7.10. The molecular weight excluding hydrogens is 308 g/mol. The Morgan fingerprint density at radius 3 is 3.17 bits per heavy atom. The van der Waals surface area contributed by atoms with Crippen LogP contribution in [-0.2, 0) is 11.3 Å². The van der Waals surface area contributed by atoms with Crippen molar-refractivity contribution in [3.8, 4) is 5.88 Å². The molecule has 0 saturated carbocycles. The van der Waals surface area contributed by atoms with E-state index in [1.54, 1.807) is 6.20 Å². The van der Waals surface area contributed by atoms with Gasteiger partial charge in [0.25, 0.3) is 0 Å². The van der Waals surface area contributed by atoms with Gasteiger partial charge in [-0.15, -0.1) is 11.3 Å². The second-order valence-corrected chi connectivity index (χ2v) is 7.73. The molecule has 4 nitrogen and oxygen atoms in total. The Labute approximate surface area is 141 Å². The quantitative estimate of drug-likeness (QED) is 0.844. The highest BCUT2D eigenvalue weighted by atomic mass is 32.1. The van der Waals surface area contributed by atoms with Crippen LogP contribution in [0.1, 0.15) is 10.4 Å². The predicted molar refractivity (Wildman–Crippen MR) is 90.8 cm³/mol. The van der Waals surface area contributed by atoms with E-state index in [2.05, 4.69) is 28.3 Å². The molecule has 2 aromatic heterocycles. The lowest BCUT2D eigenvalue weighted by molar-refractivity contribution is 0.0883. The summed E-state index contributed by atoms with van der Waals surface area (Å²) in [5.41, 5.74) is 1.52. The van der Waals surface area contributed by atoms with Crippen molar-refractivity contribution in [3.05, 3.63) is 46.3 Å². The van der Waals surface area contributed by atoms with Crippen LogP contribution >= 0.6 is 11.3 Å². The summed E-state index contributed by atoms with van der Waals surface area (Å²) in [6.07, 6.45) is 1.77. The van der Waals surface area contributed by atoms with Gasteiger partial charge in [-0.2, -0.15) is 0 Å². The first-order valence-electron chi connectivity index (χ1n) is 8.12. The lowest BCUT2D eigenvalue weighted by atomic mass is 9.82. The van der Waals surface area contributed by atoms with Gasteiger partial charge in [-0.1, -0.05) is 6.07 Å². The number of aromatic nitrogens is 1. The van der Waals surface area contributed by atoms with E-state index in [9.17, 15) is 0 Å². The molecule has 2 atom stereocenters. The van der Waals surface area contributed by atoms with Gasteiger partial charge >= 0.3 is 0 Å². The third-order valence-corrected chi connectivity index (χ3v) is 6.08. The second kappa shape index (κ2) is 6.23. The van der Waals surface area contributed by atoms with Crippen molar-refractivity contribution in [1.82, 2.24) is 9.88 Å². The molecule has 23 heavy (non-hydrogen) atoms. The Morgan fingerprint density at radius 2 is 2.39 bits per heavy atom. The first-order valence-corrected chi connectivity index (χ1v) is 9.00. The van der Waals surface area contributed by atoms with Gasteiger partial charge in [0.15, 0.2) is 0 Å².